The van der Waals surface area contributed by atoms with Crippen LogP contribution in [0.4, 0.5) is 0 Å². The fourth-order valence-electron chi connectivity index (χ4n) is 0.769. The molecule has 0 aromatic carbocycles. The number of hydrogen-bond acceptors (Lipinski definition) is 3. The monoisotopic (exact) mass is 279 g/mol. The molecule has 5 heteroatoms. The van der Waals surface area contributed by atoms with Crippen LogP contribution >= 0.6 is 39.9 Å². The van der Waals surface area contributed by atoms with Gasteiger partial charge in [0.15, 0.2) is 0 Å². The first-order valence-corrected chi connectivity index (χ1v) is 5.92. The predicted molar refractivity (Wildman–Crippen MR) is 62.3 cm³/mol. The second kappa shape index (κ2) is 5.02. The van der Waals surface area contributed by atoms with E-state index in [0.717, 1.165) is 8.66 Å². The van der Waals surface area contributed by atoms with Crippen LogP contribution in [0, 0.1) is 0 Å². The van der Waals surface area contributed by atoms with E-state index in [1.165, 1.54) is 0 Å². The molecule has 1 aromatic rings. The molecule has 0 saturated carbocycles. The standard InChI is InChI=1S/C8H10BrNOS2/c1-5(12)8(11)10-4-6-2-3-7(9)13-6/h2-3,5,12H,4H2,1H3,(H,10,11). The van der Waals surface area contributed by atoms with Crippen molar-refractivity contribution in [3.8, 4) is 0 Å². The molecule has 1 rings (SSSR count). The van der Waals surface area contributed by atoms with Crippen molar-refractivity contribution < 1.29 is 4.79 Å². The fraction of sp³-hybridized carbons (Fsp3) is 0.375. The first kappa shape index (κ1) is 11.1. The predicted octanol–water partition coefficient (Wildman–Crippen LogP) is 2.45. The normalized spacial score (nSPS) is 12.5. The van der Waals surface area contributed by atoms with Gasteiger partial charge in [-0.3, -0.25) is 4.79 Å². The lowest BCUT2D eigenvalue weighted by atomic mass is 10.4. The summed E-state index contributed by atoms with van der Waals surface area (Å²) >= 11 is 9.00. The number of nitrogens with one attached hydrogen (secondary N) is 1. The van der Waals surface area contributed by atoms with Gasteiger partial charge in [-0.25, -0.2) is 0 Å². The highest BCUT2D eigenvalue weighted by Gasteiger charge is 2.07. The number of thiol groups is 1. The second-order valence-corrected chi connectivity index (χ2v) is 5.92. The van der Waals surface area contributed by atoms with Crippen LogP contribution in [0.1, 0.15) is 11.8 Å². The van der Waals surface area contributed by atoms with E-state index in [0.29, 0.717) is 6.54 Å². The Morgan fingerprint density at radius 1 is 1.77 bits per heavy atom. The molecular formula is C8H10BrNOS2. The van der Waals surface area contributed by atoms with Crippen LogP contribution in [0.2, 0.25) is 0 Å². The molecule has 1 aromatic heterocycles. The minimum Gasteiger partial charge on any atom is -0.350 e. The lowest BCUT2D eigenvalue weighted by Crippen LogP contribution is -2.28. The summed E-state index contributed by atoms with van der Waals surface area (Å²) in [6.07, 6.45) is 0. The molecule has 72 valence electrons. The maximum atomic E-state index is 11.1. The van der Waals surface area contributed by atoms with Crippen molar-refractivity contribution >= 4 is 45.8 Å². The Morgan fingerprint density at radius 3 is 2.92 bits per heavy atom. The van der Waals surface area contributed by atoms with Crippen molar-refractivity contribution in [2.75, 3.05) is 0 Å². The quantitative estimate of drug-likeness (QED) is 0.818. The zero-order valence-electron chi connectivity index (χ0n) is 7.08. The smallest absolute Gasteiger partial charge is 0.232 e. The Hall–Kier alpha value is -0.0000000000000000833. The van der Waals surface area contributed by atoms with E-state index < -0.39 is 0 Å². The van der Waals surface area contributed by atoms with Crippen LogP contribution in [0.25, 0.3) is 0 Å². The van der Waals surface area contributed by atoms with Gasteiger partial charge in [0.25, 0.3) is 0 Å². The summed E-state index contributed by atoms with van der Waals surface area (Å²) in [6.45, 7) is 2.34. The van der Waals surface area contributed by atoms with E-state index in [2.05, 4.69) is 33.9 Å². The summed E-state index contributed by atoms with van der Waals surface area (Å²) in [7, 11) is 0. The summed E-state index contributed by atoms with van der Waals surface area (Å²) in [5.74, 6) is -0.0344. The van der Waals surface area contributed by atoms with E-state index >= 15 is 0 Å². The van der Waals surface area contributed by atoms with Crippen LogP contribution in [0.15, 0.2) is 15.9 Å². The molecule has 0 aliphatic rings. The fourth-order valence-corrected chi connectivity index (χ4v) is 2.28. The van der Waals surface area contributed by atoms with E-state index in [4.69, 9.17) is 0 Å². The van der Waals surface area contributed by atoms with E-state index in [1.54, 1.807) is 18.3 Å². The highest BCUT2D eigenvalue weighted by Crippen LogP contribution is 2.21. The van der Waals surface area contributed by atoms with Crippen molar-refractivity contribution in [2.24, 2.45) is 0 Å². The van der Waals surface area contributed by atoms with E-state index in [9.17, 15) is 4.79 Å². The molecule has 1 unspecified atom stereocenters. The van der Waals surface area contributed by atoms with Crippen molar-refractivity contribution in [1.82, 2.24) is 5.32 Å². The molecule has 0 fully saturated rings. The average molecular weight is 280 g/mol. The maximum Gasteiger partial charge on any atom is 0.232 e. The number of hydrogen-bond donors (Lipinski definition) is 2. The van der Waals surface area contributed by atoms with Crippen LogP contribution in [0.5, 0.6) is 0 Å². The zero-order valence-corrected chi connectivity index (χ0v) is 10.4. The summed E-state index contributed by atoms with van der Waals surface area (Å²) in [5, 5.41) is 2.54. The number of carbonyl (C=O) groups excluding carboxylic acids is 1. The topological polar surface area (TPSA) is 29.1 Å². The molecule has 2 nitrogen and oxygen atoms in total. The molecule has 1 heterocycles. The van der Waals surface area contributed by atoms with Gasteiger partial charge >= 0.3 is 0 Å². The molecule has 0 bridgehead atoms. The third kappa shape index (κ3) is 3.70. The maximum absolute atomic E-state index is 11.1. The molecular weight excluding hydrogens is 270 g/mol. The molecule has 0 saturated heterocycles. The minimum absolute atomic E-state index is 0.0344. The first-order valence-electron chi connectivity index (χ1n) is 3.79. The second-order valence-electron chi connectivity index (χ2n) is 2.60. The molecule has 0 aliphatic heterocycles. The van der Waals surface area contributed by atoms with Gasteiger partial charge in [0.1, 0.15) is 0 Å². The summed E-state index contributed by atoms with van der Waals surface area (Å²) < 4.78 is 1.08. The van der Waals surface area contributed by atoms with Gasteiger partial charge in [0.05, 0.1) is 15.6 Å². The van der Waals surface area contributed by atoms with Crippen molar-refractivity contribution in [2.45, 2.75) is 18.7 Å². The molecule has 0 radical (unpaired) electrons. The number of halogens is 1. The lowest BCUT2D eigenvalue weighted by Gasteiger charge is -2.04. The number of rotatable bonds is 3. The van der Waals surface area contributed by atoms with Gasteiger partial charge in [0, 0.05) is 4.88 Å². The third-order valence-corrected chi connectivity index (χ3v) is 3.30. The van der Waals surface area contributed by atoms with E-state index in [-0.39, 0.29) is 11.2 Å². The van der Waals surface area contributed by atoms with Crippen LogP contribution in [0.3, 0.4) is 0 Å². The zero-order chi connectivity index (χ0) is 9.84. The van der Waals surface area contributed by atoms with Gasteiger partial charge < -0.3 is 5.32 Å². The largest absolute Gasteiger partial charge is 0.350 e. The van der Waals surface area contributed by atoms with Gasteiger partial charge in [-0.1, -0.05) is 0 Å². The van der Waals surface area contributed by atoms with Crippen molar-refractivity contribution in [3.05, 3.63) is 20.8 Å². The summed E-state index contributed by atoms with van der Waals surface area (Å²) in [4.78, 5) is 12.3. The number of amides is 1. The molecule has 0 spiro atoms. The minimum atomic E-state index is -0.247. The Morgan fingerprint density at radius 2 is 2.46 bits per heavy atom. The van der Waals surface area contributed by atoms with Crippen LogP contribution in [-0.2, 0) is 11.3 Å². The SMILES string of the molecule is CC(S)C(=O)NCc1ccc(Br)s1. The highest BCUT2D eigenvalue weighted by molar-refractivity contribution is 9.11. The molecule has 0 aliphatic carbocycles. The summed E-state index contributed by atoms with van der Waals surface area (Å²) in [6, 6.07) is 3.95. The number of thiophene rings is 1. The average Bonchev–Trinajstić information content (AvgIpc) is 2.47. The highest BCUT2D eigenvalue weighted by atomic mass is 79.9. The van der Waals surface area contributed by atoms with Gasteiger partial charge in [0.2, 0.25) is 5.91 Å². The Kier molecular flexibility index (Phi) is 4.28. The lowest BCUT2D eigenvalue weighted by molar-refractivity contribution is -0.120. The molecule has 1 N–H and O–H groups in total. The third-order valence-electron chi connectivity index (χ3n) is 1.45. The van der Waals surface area contributed by atoms with Gasteiger partial charge in [-0.2, -0.15) is 12.6 Å². The van der Waals surface area contributed by atoms with Gasteiger partial charge in [-0.05, 0) is 35.0 Å². The summed E-state index contributed by atoms with van der Waals surface area (Å²) in [5.41, 5.74) is 0. The first-order chi connectivity index (χ1) is 6.09. The van der Waals surface area contributed by atoms with Crippen molar-refractivity contribution in [3.63, 3.8) is 0 Å². The Bertz CT molecular complexity index is 298. The molecule has 13 heavy (non-hydrogen) atoms. The van der Waals surface area contributed by atoms with Crippen LogP contribution < -0.4 is 5.32 Å². The Balaban J connectivity index is 2.39. The number of carbonyl (C=O) groups is 1. The molecule has 1 atom stereocenters. The van der Waals surface area contributed by atoms with Crippen molar-refractivity contribution in [1.29, 1.82) is 0 Å². The van der Waals surface area contributed by atoms with E-state index in [1.807, 2.05) is 12.1 Å². The van der Waals surface area contributed by atoms with Gasteiger partial charge in [-0.15, -0.1) is 11.3 Å². The molecule has 1 amide bonds. The Labute approximate surface area is 95.3 Å². The van der Waals surface area contributed by atoms with Crippen LogP contribution in [-0.4, -0.2) is 11.2 Å².